The third kappa shape index (κ3) is 3.73. The maximum Gasteiger partial charge on any atom is 0.326 e. The van der Waals surface area contributed by atoms with Crippen LogP contribution in [-0.4, -0.2) is 30.2 Å². The van der Waals surface area contributed by atoms with Gasteiger partial charge >= 0.3 is 12.0 Å². The van der Waals surface area contributed by atoms with Crippen molar-refractivity contribution in [2.24, 2.45) is 5.41 Å². The Kier molecular flexibility index (Phi) is 4.76. The van der Waals surface area contributed by atoms with Crippen LogP contribution in [0.25, 0.3) is 0 Å². The molecule has 5 nitrogen and oxygen atoms in total. The molecule has 0 bridgehead atoms. The van der Waals surface area contributed by atoms with Gasteiger partial charge in [-0.15, -0.1) is 0 Å². The minimum absolute atomic E-state index is 0.429. The lowest BCUT2D eigenvalue weighted by atomic mass is 9.87. The lowest BCUT2D eigenvalue weighted by Gasteiger charge is -2.30. The molecular formula is C15H22N2O3. The number of aliphatic carboxylic acids is 1. The molecule has 2 N–H and O–H groups in total. The summed E-state index contributed by atoms with van der Waals surface area (Å²) in [5.41, 5.74) is 1.14. The molecule has 2 amide bonds. The number of nitrogens with zero attached hydrogens (tertiary/aromatic N) is 1. The number of benzene rings is 1. The van der Waals surface area contributed by atoms with Gasteiger partial charge < -0.3 is 10.4 Å². The van der Waals surface area contributed by atoms with Crippen LogP contribution in [0.5, 0.6) is 0 Å². The molecule has 0 heterocycles. The van der Waals surface area contributed by atoms with Gasteiger partial charge in [-0.05, 0) is 24.0 Å². The molecule has 0 aliphatic heterocycles. The minimum atomic E-state index is -1.04. The third-order valence-corrected chi connectivity index (χ3v) is 3.16. The first-order chi connectivity index (χ1) is 9.14. The van der Waals surface area contributed by atoms with Crippen molar-refractivity contribution < 1.29 is 14.7 Å². The largest absolute Gasteiger partial charge is 0.480 e. The van der Waals surface area contributed by atoms with Crippen molar-refractivity contribution in [1.82, 2.24) is 5.32 Å². The van der Waals surface area contributed by atoms with Crippen molar-refractivity contribution in [3.8, 4) is 0 Å². The molecule has 0 radical (unpaired) electrons. The first-order valence-corrected chi connectivity index (χ1v) is 6.47. The summed E-state index contributed by atoms with van der Waals surface area (Å²) in [5, 5.41) is 11.8. The first-order valence-electron chi connectivity index (χ1n) is 6.47. The maximum atomic E-state index is 12.2. The highest BCUT2D eigenvalue weighted by molar-refractivity contribution is 5.94. The number of urea groups is 1. The van der Waals surface area contributed by atoms with Gasteiger partial charge in [-0.3, -0.25) is 4.90 Å². The van der Waals surface area contributed by atoms with Gasteiger partial charge in [0.1, 0.15) is 6.04 Å². The van der Waals surface area contributed by atoms with Gasteiger partial charge in [0.15, 0.2) is 0 Å². The van der Waals surface area contributed by atoms with Crippen molar-refractivity contribution in [2.45, 2.75) is 33.7 Å². The fourth-order valence-electron chi connectivity index (χ4n) is 1.92. The number of nitrogens with one attached hydrogen (secondary N) is 1. The Hall–Kier alpha value is -2.04. The van der Waals surface area contributed by atoms with E-state index in [2.05, 4.69) is 5.32 Å². The predicted molar refractivity (Wildman–Crippen MR) is 79.0 cm³/mol. The zero-order valence-electron chi connectivity index (χ0n) is 12.6. The molecule has 0 unspecified atom stereocenters. The molecule has 0 aromatic heterocycles. The second-order valence-corrected chi connectivity index (χ2v) is 5.93. The Morgan fingerprint density at radius 3 is 2.25 bits per heavy atom. The number of anilines is 1. The lowest BCUT2D eigenvalue weighted by Crippen LogP contribution is -2.52. The van der Waals surface area contributed by atoms with Gasteiger partial charge in [-0.1, -0.05) is 39.0 Å². The van der Waals surface area contributed by atoms with Crippen LogP contribution in [0.4, 0.5) is 10.5 Å². The summed E-state index contributed by atoms with van der Waals surface area (Å²) in [5.74, 6) is -1.04. The molecule has 1 atom stereocenters. The molecule has 20 heavy (non-hydrogen) atoms. The molecule has 0 aliphatic carbocycles. The highest BCUT2D eigenvalue weighted by atomic mass is 16.4. The quantitative estimate of drug-likeness (QED) is 0.893. The number of carboxylic acid groups (broad SMARTS) is 1. The Balaban J connectivity index is 2.90. The van der Waals surface area contributed by atoms with Gasteiger partial charge in [0.25, 0.3) is 0 Å². The zero-order valence-corrected chi connectivity index (χ0v) is 12.6. The molecule has 0 saturated carbocycles. The van der Waals surface area contributed by atoms with Crippen LogP contribution in [0, 0.1) is 12.3 Å². The number of para-hydroxylation sites is 1. The Bertz CT molecular complexity index is 506. The number of carboxylic acids is 1. The summed E-state index contributed by atoms with van der Waals surface area (Å²) in [6.45, 7) is 7.23. The van der Waals surface area contributed by atoms with Crippen LogP contribution in [-0.2, 0) is 4.79 Å². The summed E-state index contributed by atoms with van der Waals surface area (Å²) in [4.78, 5) is 24.9. The van der Waals surface area contributed by atoms with Crippen molar-refractivity contribution in [3.05, 3.63) is 29.8 Å². The molecule has 110 valence electrons. The topological polar surface area (TPSA) is 69.6 Å². The number of carbonyl (C=O) groups excluding carboxylic acids is 1. The van der Waals surface area contributed by atoms with E-state index >= 15 is 0 Å². The highest BCUT2D eigenvalue weighted by Crippen LogP contribution is 2.21. The third-order valence-electron chi connectivity index (χ3n) is 3.16. The molecule has 1 aromatic carbocycles. The number of hydrogen-bond acceptors (Lipinski definition) is 2. The van der Waals surface area contributed by atoms with Crippen molar-refractivity contribution in [3.63, 3.8) is 0 Å². The van der Waals surface area contributed by atoms with Gasteiger partial charge in [-0.2, -0.15) is 0 Å². The van der Waals surface area contributed by atoms with Gasteiger partial charge in [-0.25, -0.2) is 9.59 Å². The lowest BCUT2D eigenvalue weighted by molar-refractivity contribution is -0.141. The predicted octanol–water partition coefficient (Wildman–Crippen LogP) is 2.64. The van der Waals surface area contributed by atoms with E-state index < -0.39 is 23.5 Å². The SMILES string of the molecule is Cc1ccccc1N(C)C(=O)N[C@@H](C(=O)O)C(C)(C)C. The van der Waals surface area contributed by atoms with Crippen LogP contribution in [0.3, 0.4) is 0 Å². The second-order valence-electron chi connectivity index (χ2n) is 5.93. The van der Waals surface area contributed by atoms with E-state index in [4.69, 9.17) is 0 Å². The van der Waals surface area contributed by atoms with Crippen LogP contribution < -0.4 is 10.2 Å². The van der Waals surface area contributed by atoms with Crippen LogP contribution in [0.2, 0.25) is 0 Å². The smallest absolute Gasteiger partial charge is 0.326 e. The highest BCUT2D eigenvalue weighted by Gasteiger charge is 2.33. The monoisotopic (exact) mass is 278 g/mol. The van der Waals surface area contributed by atoms with E-state index in [9.17, 15) is 14.7 Å². The van der Waals surface area contributed by atoms with E-state index in [1.165, 1.54) is 4.90 Å². The number of hydrogen-bond donors (Lipinski definition) is 2. The number of carbonyl (C=O) groups is 2. The fourth-order valence-corrected chi connectivity index (χ4v) is 1.92. The van der Waals surface area contributed by atoms with E-state index in [-0.39, 0.29) is 0 Å². The molecular weight excluding hydrogens is 256 g/mol. The van der Waals surface area contributed by atoms with Gasteiger partial charge in [0, 0.05) is 12.7 Å². The second kappa shape index (κ2) is 5.94. The minimum Gasteiger partial charge on any atom is -0.480 e. The van der Waals surface area contributed by atoms with Crippen LogP contribution in [0.15, 0.2) is 24.3 Å². The van der Waals surface area contributed by atoms with E-state index in [1.54, 1.807) is 27.8 Å². The molecule has 5 heteroatoms. The summed E-state index contributed by atoms with van der Waals surface area (Å²) in [6, 6.07) is 6.08. The summed E-state index contributed by atoms with van der Waals surface area (Å²) < 4.78 is 0. The zero-order chi connectivity index (χ0) is 15.5. The average Bonchev–Trinajstić information content (AvgIpc) is 2.33. The maximum absolute atomic E-state index is 12.2. The van der Waals surface area contributed by atoms with Crippen LogP contribution >= 0.6 is 0 Å². The molecule has 0 spiro atoms. The average molecular weight is 278 g/mol. The van der Waals surface area contributed by atoms with E-state index in [1.807, 2.05) is 31.2 Å². The first kappa shape index (κ1) is 16.0. The van der Waals surface area contributed by atoms with Gasteiger partial charge in [0.2, 0.25) is 0 Å². The van der Waals surface area contributed by atoms with Crippen molar-refractivity contribution in [2.75, 3.05) is 11.9 Å². The number of rotatable bonds is 3. The standard InChI is InChI=1S/C15H22N2O3/c1-10-8-6-7-9-11(10)17(5)14(20)16-12(13(18)19)15(2,3)4/h6-9,12H,1-5H3,(H,16,20)(H,18,19)/t12-/m0/s1. The Morgan fingerprint density at radius 2 is 1.80 bits per heavy atom. The summed E-state index contributed by atoms with van der Waals surface area (Å²) in [7, 11) is 1.62. The Morgan fingerprint density at radius 1 is 1.25 bits per heavy atom. The summed E-state index contributed by atoms with van der Waals surface area (Å²) >= 11 is 0. The van der Waals surface area contributed by atoms with Crippen LogP contribution in [0.1, 0.15) is 26.3 Å². The fraction of sp³-hybridized carbons (Fsp3) is 0.467. The summed E-state index contributed by atoms with van der Waals surface area (Å²) in [6.07, 6.45) is 0. The number of aryl methyl sites for hydroxylation is 1. The number of amides is 2. The normalized spacial score (nSPS) is 12.7. The molecule has 1 rings (SSSR count). The van der Waals surface area contributed by atoms with Crippen molar-refractivity contribution in [1.29, 1.82) is 0 Å². The van der Waals surface area contributed by atoms with Crippen molar-refractivity contribution >= 4 is 17.7 Å². The molecule has 0 aliphatic rings. The molecule has 0 fully saturated rings. The Labute approximate surface area is 119 Å². The van der Waals surface area contributed by atoms with E-state index in [0.29, 0.717) is 0 Å². The molecule has 0 saturated heterocycles. The van der Waals surface area contributed by atoms with E-state index in [0.717, 1.165) is 11.3 Å². The van der Waals surface area contributed by atoms with Gasteiger partial charge in [0.05, 0.1) is 0 Å². The molecule has 1 aromatic rings.